The summed E-state index contributed by atoms with van der Waals surface area (Å²) in [6.45, 7) is 4.14. The van der Waals surface area contributed by atoms with Gasteiger partial charge in [0.25, 0.3) is 17.7 Å². The molecular formula is C45H52Cl5N5O4. The fraction of sp³-hybridized carbons (Fsp3) is 0.422. The van der Waals surface area contributed by atoms with Gasteiger partial charge >= 0.3 is 0 Å². The molecule has 4 aromatic rings. The fourth-order valence-corrected chi connectivity index (χ4v) is 8.33. The monoisotopic (exact) mass is 901 g/mol. The van der Waals surface area contributed by atoms with Gasteiger partial charge in [0.2, 0.25) is 0 Å². The van der Waals surface area contributed by atoms with Gasteiger partial charge < -0.3 is 19.9 Å². The van der Waals surface area contributed by atoms with Gasteiger partial charge in [0.15, 0.2) is 18.0 Å². The Bertz CT molecular complexity index is 2050. The van der Waals surface area contributed by atoms with Gasteiger partial charge in [0.1, 0.15) is 11.4 Å². The average molecular weight is 904 g/mol. The van der Waals surface area contributed by atoms with Gasteiger partial charge in [0, 0.05) is 28.7 Å². The fourth-order valence-electron chi connectivity index (χ4n) is 7.03. The maximum Gasteiger partial charge on any atom is 0.278 e. The Labute approximate surface area is 372 Å². The lowest BCUT2D eigenvalue weighted by atomic mass is 10.0. The molecule has 59 heavy (non-hydrogen) atoms. The van der Waals surface area contributed by atoms with Crippen LogP contribution >= 0.6 is 58.0 Å². The van der Waals surface area contributed by atoms with Crippen LogP contribution in [0.1, 0.15) is 126 Å². The molecule has 5 rings (SSSR count). The lowest BCUT2D eigenvalue weighted by molar-refractivity contribution is -0.123. The summed E-state index contributed by atoms with van der Waals surface area (Å²) < 4.78 is 7.61. The Balaban J connectivity index is 1.15. The number of carbonyl (C=O) groups excluding carboxylic acids is 3. The van der Waals surface area contributed by atoms with E-state index in [4.69, 9.17) is 62.7 Å². The van der Waals surface area contributed by atoms with Crippen molar-refractivity contribution < 1.29 is 19.1 Å². The predicted molar refractivity (Wildman–Crippen MR) is 243 cm³/mol. The van der Waals surface area contributed by atoms with E-state index in [9.17, 15) is 14.4 Å². The minimum absolute atomic E-state index is 0.0457. The number of nitrogens with one attached hydrogen (secondary N) is 2. The van der Waals surface area contributed by atoms with Gasteiger partial charge in [-0.25, -0.2) is 0 Å². The van der Waals surface area contributed by atoms with Crippen LogP contribution in [0.2, 0.25) is 25.1 Å². The lowest BCUT2D eigenvalue weighted by Gasteiger charge is -2.18. The van der Waals surface area contributed by atoms with E-state index in [1.54, 1.807) is 18.2 Å². The Hall–Kier alpha value is -3.73. The number of aryl methyl sites for hydroxylation is 1. The molecule has 2 unspecified atom stereocenters. The minimum atomic E-state index is -1.18. The van der Waals surface area contributed by atoms with E-state index in [0.29, 0.717) is 17.9 Å². The van der Waals surface area contributed by atoms with E-state index in [2.05, 4.69) is 28.7 Å². The molecule has 1 aromatic heterocycles. The van der Waals surface area contributed by atoms with Crippen molar-refractivity contribution in [3.63, 3.8) is 0 Å². The number of aromatic nitrogens is 1. The Kier molecular flexibility index (Phi) is 18.3. The van der Waals surface area contributed by atoms with Crippen LogP contribution in [0, 0.1) is 0 Å². The normalized spacial score (nSPS) is 14.4. The number of halogens is 5. The number of amides is 3. The van der Waals surface area contributed by atoms with Gasteiger partial charge in [-0.2, -0.15) is 5.01 Å². The van der Waals surface area contributed by atoms with Crippen LogP contribution in [0.15, 0.2) is 78.2 Å². The van der Waals surface area contributed by atoms with Crippen molar-refractivity contribution in [1.29, 1.82) is 0 Å². The molecule has 1 aliphatic rings. The van der Waals surface area contributed by atoms with Crippen LogP contribution in [0.4, 0.5) is 11.4 Å². The number of hydrogen-bond donors (Lipinski definition) is 2. The summed E-state index contributed by atoms with van der Waals surface area (Å²) >= 11 is 31.4. The highest BCUT2D eigenvalue weighted by Gasteiger charge is 2.41. The molecule has 2 atom stereocenters. The summed E-state index contributed by atoms with van der Waals surface area (Å²) in [6, 6.07) is 16.0. The van der Waals surface area contributed by atoms with Gasteiger partial charge in [-0.15, -0.1) is 5.10 Å². The van der Waals surface area contributed by atoms with Gasteiger partial charge in [-0.1, -0.05) is 167 Å². The van der Waals surface area contributed by atoms with E-state index >= 15 is 0 Å². The summed E-state index contributed by atoms with van der Waals surface area (Å²) in [5.74, 6) is -0.955. The Morgan fingerprint density at radius 3 is 1.93 bits per heavy atom. The number of nitrogens with zero attached hydrogens (tertiary/aromatic N) is 3. The predicted octanol–water partition coefficient (Wildman–Crippen LogP) is 13.5. The maximum atomic E-state index is 13.8. The highest BCUT2D eigenvalue weighted by molar-refractivity contribution is 6.43. The first-order chi connectivity index (χ1) is 28.5. The van der Waals surface area contributed by atoms with Crippen molar-refractivity contribution in [3.8, 4) is 5.75 Å². The smallest absolute Gasteiger partial charge is 0.278 e. The lowest BCUT2D eigenvalue weighted by Crippen LogP contribution is -2.38. The molecule has 3 amide bonds. The van der Waals surface area contributed by atoms with E-state index in [-0.39, 0.29) is 48.1 Å². The third kappa shape index (κ3) is 13.4. The number of unbranched alkanes of at least 4 members (excludes halogenated alkanes) is 12. The molecule has 0 bridgehead atoms. The second-order valence-corrected chi connectivity index (χ2v) is 16.9. The van der Waals surface area contributed by atoms with Crippen molar-refractivity contribution in [1.82, 2.24) is 9.88 Å². The van der Waals surface area contributed by atoms with E-state index in [1.807, 2.05) is 25.1 Å². The van der Waals surface area contributed by atoms with Gasteiger partial charge in [0.05, 0.1) is 20.1 Å². The topological polar surface area (TPSA) is 105 Å². The van der Waals surface area contributed by atoms with Crippen molar-refractivity contribution in [2.75, 3.05) is 10.3 Å². The van der Waals surface area contributed by atoms with E-state index in [1.165, 1.54) is 118 Å². The zero-order valence-corrected chi connectivity index (χ0v) is 37.3. The molecule has 316 valence electrons. The number of rotatable bonds is 22. The zero-order chi connectivity index (χ0) is 42.3. The number of ether oxygens (including phenoxy) is 1. The largest absolute Gasteiger partial charge is 0.481 e. The summed E-state index contributed by atoms with van der Waals surface area (Å²) in [6.07, 6.45) is 20.6. The molecule has 0 spiro atoms. The van der Waals surface area contributed by atoms with Gasteiger partial charge in [-0.3, -0.25) is 14.4 Å². The van der Waals surface area contributed by atoms with Crippen molar-refractivity contribution in [3.05, 3.63) is 109 Å². The summed E-state index contributed by atoms with van der Waals surface area (Å²) in [4.78, 5) is 41.0. The van der Waals surface area contributed by atoms with Crippen molar-refractivity contribution >= 4 is 92.9 Å². The van der Waals surface area contributed by atoms with Crippen LogP contribution in [-0.2, 0) is 16.0 Å². The van der Waals surface area contributed by atoms with Crippen LogP contribution in [0.5, 0.6) is 5.75 Å². The van der Waals surface area contributed by atoms with Crippen molar-refractivity contribution in [2.45, 2.75) is 122 Å². The first kappa shape index (κ1) is 46.3. The molecule has 0 saturated heterocycles. The number of carbonyl (C=O) groups is 3. The molecule has 2 N–H and O–H groups in total. The summed E-state index contributed by atoms with van der Waals surface area (Å²) in [5.41, 5.74) is 1.84. The second-order valence-electron chi connectivity index (χ2n) is 14.8. The first-order valence-electron chi connectivity index (χ1n) is 20.6. The molecule has 1 aliphatic heterocycles. The van der Waals surface area contributed by atoms with Gasteiger partial charge in [-0.05, 0) is 67.3 Å². The minimum Gasteiger partial charge on any atom is -0.481 e. The van der Waals surface area contributed by atoms with Crippen LogP contribution in [0.3, 0.4) is 0 Å². The Morgan fingerprint density at radius 2 is 1.32 bits per heavy atom. The number of hydrogen-bond acceptors (Lipinski definition) is 5. The molecule has 14 heteroatoms. The third-order valence-electron chi connectivity index (χ3n) is 10.2. The maximum absolute atomic E-state index is 13.8. The molecule has 0 saturated carbocycles. The quantitative estimate of drug-likeness (QED) is 0.0766. The zero-order valence-electron chi connectivity index (χ0n) is 33.6. The van der Waals surface area contributed by atoms with Crippen LogP contribution in [-0.4, -0.2) is 34.2 Å². The van der Waals surface area contributed by atoms with E-state index < -0.39 is 24.0 Å². The highest BCUT2D eigenvalue weighted by Crippen LogP contribution is 2.40. The van der Waals surface area contributed by atoms with Crippen LogP contribution < -0.4 is 20.4 Å². The van der Waals surface area contributed by atoms with Crippen molar-refractivity contribution in [2.24, 2.45) is 5.10 Å². The summed E-state index contributed by atoms with van der Waals surface area (Å²) in [5, 5.41) is 11.8. The SMILES string of the molecule is CCCCCCCCCCCCCCCc1cccc(OC(CC)C(=O)Nc2cccc(C(=O)NC3=NN(c4c(Cl)cc(Cl)cc4Cl)C(=O)C3n3cc(Cl)c(Cl)c3)c2)c1. The highest BCUT2D eigenvalue weighted by atomic mass is 35.5. The standard InChI is InChI=1S/C45H52Cl5N5O4/c1-3-5-6-7-8-9-10-11-12-13-14-15-16-19-30-20-17-23-34(24-30)59-39(4-2)44(57)51-33-22-18-21-31(25-33)43(56)52-42-41(54-28-37(49)38(50)29-54)45(58)55(53-42)40-35(47)26-32(46)27-36(40)48/h17-18,20-29,39,41H,3-16,19H2,1-2H3,(H,51,57)(H,52,53,56). The average Bonchev–Trinajstić information content (AvgIpc) is 3.70. The molecule has 0 radical (unpaired) electrons. The molecule has 0 fully saturated rings. The van der Waals surface area contributed by atoms with Crippen LogP contribution in [0.25, 0.3) is 0 Å². The number of hydrazone groups is 1. The second kappa shape index (κ2) is 23.3. The number of anilines is 2. The van der Waals surface area contributed by atoms with E-state index in [0.717, 1.165) is 17.9 Å². The number of amidine groups is 1. The molecule has 3 aromatic carbocycles. The molecule has 9 nitrogen and oxygen atoms in total. The third-order valence-corrected chi connectivity index (χ3v) is 11.7. The Morgan fingerprint density at radius 1 is 0.729 bits per heavy atom. The molecular weight excluding hydrogens is 852 g/mol. The first-order valence-corrected chi connectivity index (χ1v) is 22.4. The molecule has 2 heterocycles. The number of benzene rings is 3. The molecule has 0 aliphatic carbocycles. The summed E-state index contributed by atoms with van der Waals surface area (Å²) in [7, 11) is 0.